The fourth-order valence-electron chi connectivity index (χ4n) is 1.51. The van der Waals surface area contributed by atoms with Crippen LogP contribution >= 0.6 is 11.6 Å². The van der Waals surface area contributed by atoms with Crippen LogP contribution in [0.5, 0.6) is 0 Å². The van der Waals surface area contributed by atoms with Crippen molar-refractivity contribution in [1.82, 2.24) is 0 Å². The Balaban J connectivity index is 2.25. The lowest BCUT2D eigenvalue weighted by Gasteiger charge is -2.26. The first-order valence-corrected chi connectivity index (χ1v) is 5.22. The second-order valence-corrected chi connectivity index (χ2v) is 3.80. The summed E-state index contributed by atoms with van der Waals surface area (Å²) in [5.41, 5.74) is 0.943. The molecular weight excluding hydrogens is 219 g/mol. The fourth-order valence-corrected chi connectivity index (χ4v) is 1.66. The van der Waals surface area contributed by atoms with Crippen LogP contribution in [0.15, 0.2) is 18.2 Å². The molecule has 1 aromatic carbocycles. The third kappa shape index (κ3) is 2.03. The first kappa shape index (κ1) is 10.6. The van der Waals surface area contributed by atoms with Crippen molar-refractivity contribution in [3.63, 3.8) is 0 Å². The predicted octanol–water partition coefficient (Wildman–Crippen LogP) is 2.36. The number of rotatable bonds is 3. The standard InChI is InChI=1S/C11H10ClFO2/c12-4-11(14)9-2-1-7(3-10(9)13)8-5-15-6-8/h1-3,8H,4-6H2. The number of Topliss-reactive ketones (excluding diaryl/α,β-unsaturated/α-hetero) is 1. The molecule has 0 spiro atoms. The molecule has 0 radical (unpaired) electrons. The molecule has 0 amide bonds. The number of hydrogen-bond donors (Lipinski definition) is 0. The van der Waals surface area contributed by atoms with E-state index in [2.05, 4.69) is 0 Å². The molecule has 1 fully saturated rings. The molecule has 80 valence electrons. The van der Waals surface area contributed by atoms with Crippen molar-refractivity contribution in [3.05, 3.63) is 35.1 Å². The van der Waals surface area contributed by atoms with Crippen molar-refractivity contribution in [2.45, 2.75) is 5.92 Å². The van der Waals surface area contributed by atoms with E-state index in [4.69, 9.17) is 16.3 Å². The molecule has 1 aromatic rings. The van der Waals surface area contributed by atoms with E-state index in [9.17, 15) is 9.18 Å². The summed E-state index contributed by atoms with van der Waals surface area (Å²) in [6, 6.07) is 4.65. The molecule has 0 unspecified atom stereocenters. The summed E-state index contributed by atoms with van der Waals surface area (Å²) in [5.74, 6) is -0.807. The molecule has 2 rings (SSSR count). The number of hydrogen-bond acceptors (Lipinski definition) is 2. The maximum Gasteiger partial charge on any atom is 0.180 e. The van der Waals surface area contributed by atoms with E-state index in [0.717, 1.165) is 5.56 Å². The van der Waals surface area contributed by atoms with Crippen LogP contribution in [0.4, 0.5) is 4.39 Å². The Morgan fingerprint density at radius 2 is 2.27 bits per heavy atom. The van der Waals surface area contributed by atoms with Crippen molar-refractivity contribution in [2.24, 2.45) is 0 Å². The summed E-state index contributed by atoms with van der Waals surface area (Å²) in [6.45, 7) is 1.25. The van der Waals surface area contributed by atoms with Gasteiger partial charge in [0.1, 0.15) is 5.82 Å². The molecule has 0 aliphatic carbocycles. The molecule has 4 heteroatoms. The lowest BCUT2D eigenvalue weighted by Crippen LogP contribution is -2.25. The highest BCUT2D eigenvalue weighted by atomic mass is 35.5. The molecule has 15 heavy (non-hydrogen) atoms. The summed E-state index contributed by atoms with van der Waals surface area (Å²) >= 11 is 5.36. The van der Waals surface area contributed by atoms with Gasteiger partial charge in [-0.1, -0.05) is 6.07 Å². The van der Waals surface area contributed by atoms with Crippen LogP contribution in [0.2, 0.25) is 0 Å². The minimum Gasteiger partial charge on any atom is -0.380 e. The molecule has 1 aliphatic rings. The van der Waals surface area contributed by atoms with Gasteiger partial charge in [-0.3, -0.25) is 4.79 Å². The van der Waals surface area contributed by atoms with E-state index in [1.807, 2.05) is 0 Å². The average molecular weight is 229 g/mol. The zero-order valence-electron chi connectivity index (χ0n) is 8.00. The van der Waals surface area contributed by atoms with Crippen molar-refractivity contribution < 1.29 is 13.9 Å². The van der Waals surface area contributed by atoms with Gasteiger partial charge < -0.3 is 4.74 Å². The Labute approximate surface area is 92.0 Å². The topological polar surface area (TPSA) is 26.3 Å². The van der Waals surface area contributed by atoms with Crippen LogP contribution in [0, 0.1) is 5.82 Å². The second-order valence-electron chi connectivity index (χ2n) is 3.53. The third-order valence-electron chi connectivity index (χ3n) is 2.52. The minimum atomic E-state index is -0.495. The van der Waals surface area contributed by atoms with E-state index < -0.39 is 5.82 Å². The molecule has 2 nitrogen and oxygen atoms in total. The molecule has 0 aromatic heterocycles. The Morgan fingerprint density at radius 3 is 2.73 bits per heavy atom. The Bertz CT molecular complexity index is 388. The Kier molecular flexibility index (Phi) is 3.03. The maximum absolute atomic E-state index is 13.5. The van der Waals surface area contributed by atoms with Crippen LogP contribution < -0.4 is 0 Å². The highest BCUT2D eigenvalue weighted by Gasteiger charge is 2.22. The summed E-state index contributed by atoms with van der Waals surface area (Å²) in [4.78, 5) is 11.2. The van der Waals surface area contributed by atoms with Crippen LogP contribution in [-0.2, 0) is 4.74 Å². The number of carbonyl (C=O) groups excluding carboxylic acids is 1. The van der Waals surface area contributed by atoms with Gasteiger partial charge in [0, 0.05) is 5.92 Å². The van der Waals surface area contributed by atoms with Gasteiger partial charge in [-0.05, 0) is 17.7 Å². The van der Waals surface area contributed by atoms with E-state index >= 15 is 0 Å². The molecule has 1 aliphatic heterocycles. The molecule has 1 heterocycles. The number of halogens is 2. The van der Waals surface area contributed by atoms with Crippen LogP contribution in [0.1, 0.15) is 21.8 Å². The van der Waals surface area contributed by atoms with E-state index in [1.54, 1.807) is 6.07 Å². The third-order valence-corrected chi connectivity index (χ3v) is 2.77. The normalized spacial score (nSPS) is 16.1. The van der Waals surface area contributed by atoms with Gasteiger partial charge in [-0.15, -0.1) is 11.6 Å². The zero-order chi connectivity index (χ0) is 10.8. The molecule has 0 atom stereocenters. The van der Waals surface area contributed by atoms with E-state index in [1.165, 1.54) is 12.1 Å². The summed E-state index contributed by atoms with van der Waals surface area (Å²) < 4.78 is 18.5. The lowest BCUT2D eigenvalue weighted by atomic mass is 9.96. The largest absolute Gasteiger partial charge is 0.380 e. The summed E-state index contributed by atoms with van der Waals surface area (Å²) in [5, 5.41) is 0. The SMILES string of the molecule is O=C(CCl)c1ccc(C2COC2)cc1F. The van der Waals surface area contributed by atoms with Crippen LogP contribution in [0.25, 0.3) is 0 Å². The minimum absolute atomic E-state index is 0.0639. The van der Waals surface area contributed by atoms with Crippen LogP contribution in [0.3, 0.4) is 0 Å². The lowest BCUT2D eigenvalue weighted by molar-refractivity contribution is 0.00832. The highest BCUT2D eigenvalue weighted by Crippen LogP contribution is 2.25. The van der Waals surface area contributed by atoms with Gasteiger partial charge in [0.05, 0.1) is 24.7 Å². The van der Waals surface area contributed by atoms with Gasteiger partial charge in [-0.2, -0.15) is 0 Å². The van der Waals surface area contributed by atoms with Crippen molar-refractivity contribution in [3.8, 4) is 0 Å². The van der Waals surface area contributed by atoms with Gasteiger partial charge in [0.25, 0.3) is 0 Å². The predicted molar refractivity (Wildman–Crippen MR) is 55.0 cm³/mol. The first-order chi connectivity index (χ1) is 7.22. The number of carbonyl (C=O) groups is 1. The van der Waals surface area contributed by atoms with Gasteiger partial charge in [-0.25, -0.2) is 4.39 Å². The van der Waals surface area contributed by atoms with E-state index in [0.29, 0.717) is 13.2 Å². The van der Waals surface area contributed by atoms with Crippen molar-refractivity contribution >= 4 is 17.4 Å². The molecule has 0 saturated carbocycles. The molecular formula is C11H10ClFO2. The fraction of sp³-hybridized carbons (Fsp3) is 0.364. The molecule has 1 saturated heterocycles. The Morgan fingerprint density at radius 1 is 1.53 bits per heavy atom. The monoisotopic (exact) mass is 228 g/mol. The zero-order valence-corrected chi connectivity index (χ0v) is 8.76. The van der Waals surface area contributed by atoms with Crippen LogP contribution in [-0.4, -0.2) is 24.9 Å². The van der Waals surface area contributed by atoms with Crippen molar-refractivity contribution in [2.75, 3.05) is 19.1 Å². The Hall–Kier alpha value is -0.930. The number of benzene rings is 1. The quantitative estimate of drug-likeness (QED) is 0.587. The number of alkyl halides is 1. The summed E-state index contributed by atoms with van der Waals surface area (Å²) in [6.07, 6.45) is 0. The molecule has 0 N–H and O–H groups in total. The van der Waals surface area contributed by atoms with E-state index in [-0.39, 0.29) is 23.1 Å². The highest BCUT2D eigenvalue weighted by molar-refractivity contribution is 6.30. The molecule has 0 bridgehead atoms. The number of ether oxygens (including phenoxy) is 1. The van der Waals surface area contributed by atoms with Crippen molar-refractivity contribution in [1.29, 1.82) is 0 Å². The summed E-state index contributed by atoms with van der Waals surface area (Å²) in [7, 11) is 0. The average Bonchev–Trinajstić information content (AvgIpc) is 2.14. The second kappa shape index (κ2) is 4.29. The van der Waals surface area contributed by atoms with Gasteiger partial charge in [0.2, 0.25) is 0 Å². The smallest absolute Gasteiger partial charge is 0.180 e. The first-order valence-electron chi connectivity index (χ1n) is 4.68. The number of ketones is 1. The maximum atomic E-state index is 13.5. The van der Waals surface area contributed by atoms with Gasteiger partial charge in [0.15, 0.2) is 5.78 Å². The van der Waals surface area contributed by atoms with Gasteiger partial charge >= 0.3 is 0 Å².